The first kappa shape index (κ1) is 15.2. The van der Waals surface area contributed by atoms with E-state index in [0.717, 1.165) is 11.3 Å². The molecule has 0 N–H and O–H groups in total. The zero-order valence-electron chi connectivity index (χ0n) is 13.1. The van der Waals surface area contributed by atoms with E-state index < -0.39 is 11.6 Å². The normalized spacial score (nSPS) is 10.8. The van der Waals surface area contributed by atoms with Gasteiger partial charge >= 0.3 is 0 Å². The van der Waals surface area contributed by atoms with Crippen molar-refractivity contribution in [3.05, 3.63) is 90.5 Å². The Bertz CT molecular complexity index is 992. The van der Waals surface area contributed by atoms with Crippen LogP contribution in [0.3, 0.4) is 0 Å². The molecule has 1 aromatic heterocycles. The van der Waals surface area contributed by atoms with Crippen molar-refractivity contribution in [2.24, 2.45) is 0 Å². The van der Waals surface area contributed by atoms with Crippen LogP contribution in [0.4, 0.5) is 8.78 Å². The second-order valence-electron chi connectivity index (χ2n) is 5.48. The second-order valence-corrected chi connectivity index (χ2v) is 5.48. The number of nitrogens with zero attached hydrogens (tertiary/aromatic N) is 3. The van der Waals surface area contributed by atoms with E-state index in [0.29, 0.717) is 5.82 Å². The first-order valence-corrected chi connectivity index (χ1v) is 7.76. The van der Waals surface area contributed by atoms with Gasteiger partial charge in [-0.3, -0.25) is 4.57 Å². The van der Waals surface area contributed by atoms with E-state index in [4.69, 9.17) is 0 Å². The van der Waals surface area contributed by atoms with Crippen LogP contribution in [0.1, 0.15) is 0 Å². The molecule has 4 aromatic rings. The van der Waals surface area contributed by atoms with Gasteiger partial charge in [-0.2, -0.15) is 0 Å². The molecule has 0 bridgehead atoms. The number of hydrogen-bond donors (Lipinski definition) is 0. The van der Waals surface area contributed by atoms with E-state index in [-0.39, 0.29) is 11.4 Å². The van der Waals surface area contributed by atoms with Gasteiger partial charge in [-0.15, -0.1) is 10.2 Å². The van der Waals surface area contributed by atoms with Crippen LogP contribution in [0, 0.1) is 11.6 Å². The molecule has 0 saturated heterocycles. The summed E-state index contributed by atoms with van der Waals surface area (Å²) in [6.45, 7) is 0. The maximum atomic E-state index is 14.3. The molecule has 1 heterocycles. The van der Waals surface area contributed by atoms with Crippen LogP contribution in [0.2, 0.25) is 0 Å². The van der Waals surface area contributed by atoms with E-state index in [1.54, 1.807) is 4.57 Å². The third-order valence-electron chi connectivity index (χ3n) is 3.90. The number of aromatic nitrogens is 3. The summed E-state index contributed by atoms with van der Waals surface area (Å²) in [6, 6.07) is 22.4. The van der Waals surface area contributed by atoms with Gasteiger partial charge in [0.2, 0.25) is 0 Å². The Labute approximate surface area is 143 Å². The molecule has 0 aliphatic heterocycles. The Morgan fingerprint density at radius 1 is 0.600 bits per heavy atom. The maximum Gasteiger partial charge on any atom is 0.174 e. The summed E-state index contributed by atoms with van der Waals surface area (Å²) in [5, 5.41) is 8.29. The van der Waals surface area contributed by atoms with Crippen molar-refractivity contribution in [1.82, 2.24) is 14.8 Å². The van der Waals surface area contributed by atoms with Crippen molar-refractivity contribution < 1.29 is 8.78 Å². The number of halogens is 2. The summed E-state index contributed by atoms with van der Waals surface area (Å²) in [7, 11) is 0. The third kappa shape index (κ3) is 2.70. The Morgan fingerprint density at radius 3 is 1.80 bits per heavy atom. The van der Waals surface area contributed by atoms with Gasteiger partial charge in [0.1, 0.15) is 11.6 Å². The molecule has 122 valence electrons. The maximum absolute atomic E-state index is 14.3. The van der Waals surface area contributed by atoms with Gasteiger partial charge in [-0.05, 0) is 24.3 Å². The molecule has 0 spiro atoms. The fourth-order valence-electron chi connectivity index (χ4n) is 2.75. The molecule has 3 nitrogen and oxygen atoms in total. The molecule has 4 rings (SSSR count). The highest BCUT2D eigenvalue weighted by Gasteiger charge is 2.22. The highest BCUT2D eigenvalue weighted by Crippen LogP contribution is 2.31. The SMILES string of the molecule is Fc1cccc(F)c1-c1nnc(-c2ccccc2)n1-c1ccccc1. The fourth-order valence-corrected chi connectivity index (χ4v) is 2.75. The Hall–Kier alpha value is -3.34. The van der Waals surface area contributed by atoms with E-state index in [1.165, 1.54) is 18.2 Å². The molecule has 3 aromatic carbocycles. The quantitative estimate of drug-likeness (QED) is 0.535. The predicted octanol–water partition coefficient (Wildman–Crippen LogP) is 4.88. The van der Waals surface area contributed by atoms with Crippen molar-refractivity contribution in [3.8, 4) is 28.5 Å². The third-order valence-corrected chi connectivity index (χ3v) is 3.90. The van der Waals surface area contributed by atoms with Gasteiger partial charge in [0.15, 0.2) is 11.6 Å². The van der Waals surface area contributed by atoms with Crippen molar-refractivity contribution in [2.45, 2.75) is 0 Å². The molecule has 0 fully saturated rings. The van der Waals surface area contributed by atoms with Gasteiger partial charge in [0.05, 0.1) is 5.56 Å². The molecule has 0 amide bonds. The molecule has 0 unspecified atom stereocenters. The topological polar surface area (TPSA) is 30.7 Å². The van der Waals surface area contributed by atoms with Gasteiger partial charge in [-0.1, -0.05) is 54.6 Å². The lowest BCUT2D eigenvalue weighted by Crippen LogP contribution is -2.02. The summed E-state index contributed by atoms with van der Waals surface area (Å²) in [5.74, 6) is -0.710. The van der Waals surface area contributed by atoms with Crippen molar-refractivity contribution in [1.29, 1.82) is 0 Å². The standard InChI is InChI=1S/C20H13F2N3/c21-16-12-7-13-17(22)18(16)20-24-23-19(14-8-3-1-4-9-14)25(20)15-10-5-2-6-11-15/h1-13H. The average Bonchev–Trinajstić information content (AvgIpc) is 3.08. The summed E-state index contributed by atoms with van der Waals surface area (Å²) >= 11 is 0. The summed E-state index contributed by atoms with van der Waals surface area (Å²) in [4.78, 5) is 0. The van der Waals surface area contributed by atoms with Gasteiger partial charge in [0.25, 0.3) is 0 Å². The molecular weight excluding hydrogens is 320 g/mol. The molecule has 0 atom stereocenters. The first-order valence-electron chi connectivity index (χ1n) is 7.76. The van der Waals surface area contributed by atoms with Gasteiger partial charge in [-0.25, -0.2) is 8.78 Å². The van der Waals surface area contributed by atoms with Crippen LogP contribution in [0.25, 0.3) is 28.5 Å². The first-order chi connectivity index (χ1) is 12.3. The molecule has 0 aliphatic carbocycles. The van der Waals surface area contributed by atoms with Crippen LogP contribution >= 0.6 is 0 Å². The Morgan fingerprint density at radius 2 is 1.16 bits per heavy atom. The highest BCUT2D eigenvalue weighted by molar-refractivity contribution is 5.67. The second kappa shape index (κ2) is 6.28. The molecule has 0 saturated carbocycles. The van der Waals surface area contributed by atoms with Crippen molar-refractivity contribution in [2.75, 3.05) is 0 Å². The highest BCUT2D eigenvalue weighted by atomic mass is 19.1. The minimum Gasteiger partial charge on any atom is -0.275 e. The van der Waals surface area contributed by atoms with Gasteiger partial charge in [0, 0.05) is 11.3 Å². The minimum atomic E-state index is -0.677. The molecule has 0 radical (unpaired) electrons. The van der Waals surface area contributed by atoms with Crippen LogP contribution < -0.4 is 0 Å². The lowest BCUT2D eigenvalue weighted by Gasteiger charge is -2.11. The molecule has 0 aliphatic rings. The lowest BCUT2D eigenvalue weighted by atomic mass is 10.1. The average molecular weight is 333 g/mol. The van der Waals surface area contributed by atoms with E-state index in [2.05, 4.69) is 10.2 Å². The van der Waals surface area contributed by atoms with Crippen LogP contribution in [0.5, 0.6) is 0 Å². The zero-order chi connectivity index (χ0) is 17.2. The lowest BCUT2D eigenvalue weighted by molar-refractivity contribution is 0.587. The Balaban J connectivity index is 2.03. The largest absolute Gasteiger partial charge is 0.275 e. The summed E-state index contributed by atoms with van der Waals surface area (Å²) < 4.78 is 30.3. The number of rotatable bonds is 3. The monoisotopic (exact) mass is 333 g/mol. The molecular formula is C20H13F2N3. The number of para-hydroxylation sites is 1. The van der Waals surface area contributed by atoms with E-state index in [9.17, 15) is 8.78 Å². The smallest absolute Gasteiger partial charge is 0.174 e. The van der Waals surface area contributed by atoms with Crippen molar-refractivity contribution >= 4 is 0 Å². The number of benzene rings is 3. The Kier molecular flexibility index (Phi) is 3.82. The molecule has 25 heavy (non-hydrogen) atoms. The van der Waals surface area contributed by atoms with Gasteiger partial charge < -0.3 is 0 Å². The van der Waals surface area contributed by atoms with Crippen molar-refractivity contribution in [3.63, 3.8) is 0 Å². The minimum absolute atomic E-state index is 0.126. The zero-order valence-corrected chi connectivity index (χ0v) is 13.1. The molecule has 5 heteroatoms. The van der Waals surface area contributed by atoms with E-state index >= 15 is 0 Å². The summed E-state index contributed by atoms with van der Waals surface area (Å²) in [5.41, 5.74) is 1.34. The van der Waals surface area contributed by atoms with Crippen LogP contribution in [-0.4, -0.2) is 14.8 Å². The predicted molar refractivity (Wildman–Crippen MR) is 92.1 cm³/mol. The van der Waals surface area contributed by atoms with E-state index in [1.807, 2.05) is 60.7 Å². The fraction of sp³-hybridized carbons (Fsp3) is 0. The van der Waals surface area contributed by atoms with Crippen LogP contribution in [0.15, 0.2) is 78.9 Å². The number of hydrogen-bond acceptors (Lipinski definition) is 2. The van der Waals surface area contributed by atoms with Crippen LogP contribution in [-0.2, 0) is 0 Å². The summed E-state index contributed by atoms with van der Waals surface area (Å²) in [6.07, 6.45) is 0.